The van der Waals surface area contributed by atoms with Crippen LogP contribution in [0.2, 0.25) is 0 Å². The van der Waals surface area contributed by atoms with Gasteiger partial charge in [-0.3, -0.25) is 14.9 Å². The third-order valence-electron chi connectivity index (χ3n) is 4.98. The Morgan fingerprint density at radius 2 is 1.80 bits per heavy atom. The standard InChI is InChI=1S/C24H24N4O6S/c1-18-8-11-21(12-9-18)35(32,33)27(16-19-6-4-3-5-7-19)17-24(29)26-25-15-20-10-13-23(34-2)22(14-20)28(30)31/h3-15H,16-17H2,1-2H3,(H,26,29). The molecule has 0 aliphatic carbocycles. The first-order valence-electron chi connectivity index (χ1n) is 10.5. The molecule has 0 bridgehead atoms. The van der Waals surface area contributed by atoms with Crippen molar-refractivity contribution < 1.29 is 22.9 Å². The summed E-state index contributed by atoms with van der Waals surface area (Å²) in [7, 11) is -2.66. The Morgan fingerprint density at radius 3 is 2.43 bits per heavy atom. The van der Waals surface area contributed by atoms with Crippen LogP contribution in [0.3, 0.4) is 0 Å². The second-order valence-electron chi connectivity index (χ2n) is 7.55. The fourth-order valence-corrected chi connectivity index (χ4v) is 4.56. The molecule has 10 nitrogen and oxygen atoms in total. The molecule has 1 amide bonds. The summed E-state index contributed by atoms with van der Waals surface area (Å²) >= 11 is 0. The number of rotatable bonds is 10. The molecule has 0 aliphatic rings. The second kappa shape index (κ2) is 11.4. The molecule has 0 fully saturated rings. The molecule has 0 aromatic heterocycles. The molecule has 1 N–H and O–H groups in total. The molecule has 0 atom stereocenters. The minimum atomic E-state index is -3.98. The molecule has 0 saturated heterocycles. The lowest BCUT2D eigenvalue weighted by Gasteiger charge is -2.21. The quantitative estimate of drug-likeness (QED) is 0.260. The summed E-state index contributed by atoms with van der Waals surface area (Å²) in [6, 6.07) is 19.5. The van der Waals surface area contributed by atoms with E-state index in [-0.39, 0.29) is 22.9 Å². The van der Waals surface area contributed by atoms with Crippen LogP contribution >= 0.6 is 0 Å². The van der Waals surface area contributed by atoms with Gasteiger partial charge in [0.2, 0.25) is 10.0 Å². The largest absolute Gasteiger partial charge is 0.490 e. The molecule has 3 aromatic carbocycles. The highest BCUT2D eigenvalue weighted by atomic mass is 32.2. The number of carbonyl (C=O) groups excluding carboxylic acids is 1. The van der Waals surface area contributed by atoms with Crippen molar-refractivity contribution in [2.24, 2.45) is 5.10 Å². The van der Waals surface area contributed by atoms with Gasteiger partial charge in [0, 0.05) is 18.2 Å². The van der Waals surface area contributed by atoms with Crippen LogP contribution in [0.4, 0.5) is 5.69 Å². The summed E-state index contributed by atoms with van der Waals surface area (Å²) in [4.78, 5) is 23.2. The maximum Gasteiger partial charge on any atom is 0.311 e. The summed E-state index contributed by atoms with van der Waals surface area (Å²) < 4.78 is 32.6. The first-order chi connectivity index (χ1) is 16.7. The van der Waals surface area contributed by atoms with Gasteiger partial charge in [-0.25, -0.2) is 13.8 Å². The fraction of sp³-hybridized carbons (Fsp3) is 0.167. The van der Waals surface area contributed by atoms with E-state index in [9.17, 15) is 23.3 Å². The van der Waals surface area contributed by atoms with Crippen molar-refractivity contribution in [1.29, 1.82) is 0 Å². The van der Waals surface area contributed by atoms with Gasteiger partial charge in [-0.05, 0) is 36.8 Å². The molecule has 182 valence electrons. The van der Waals surface area contributed by atoms with Crippen molar-refractivity contribution in [3.8, 4) is 5.75 Å². The van der Waals surface area contributed by atoms with Crippen LogP contribution in [0.15, 0.2) is 82.8 Å². The van der Waals surface area contributed by atoms with Crippen LogP contribution in [0, 0.1) is 17.0 Å². The van der Waals surface area contributed by atoms with E-state index in [1.165, 1.54) is 43.7 Å². The van der Waals surface area contributed by atoms with Crippen molar-refractivity contribution >= 4 is 27.8 Å². The maximum atomic E-state index is 13.3. The smallest absolute Gasteiger partial charge is 0.311 e. The van der Waals surface area contributed by atoms with E-state index in [0.29, 0.717) is 11.1 Å². The Balaban J connectivity index is 1.77. The topological polar surface area (TPSA) is 131 Å². The van der Waals surface area contributed by atoms with Gasteiger partial charge >= 0.3 is 5.69 Å². The number of nitrogens with zero attached hydrogens (tertiary/aromatic N) is 3. The average Bonchev–Trinajstić information content (AvgIpc) is 2.84. The Hall–Kier alpha value is -4.09. The lowest BCUT2D eigenvalue weighted by atomic mass is 10.2. The second-order valence-corrected chi connectivity index (χ2v) is 9.49. The van der Waals surface area contributed by atoms with E-state index >= 15 is 0 Å². The molecule has 3 aromatic rings. The Labute approximate surface area is 203 Å². The van der Waals surface area contributed by atoms with Gasteiger partial charge in [0.15, 0.2) is 5.75 Å². The van der Waals surface area contributed by atoms with Gasteiger partial charge in [0.05, 0.1) is 29.7 Å². The molecule has 0 unspecified atom stereocenters. The van der Waals surface area contributed by atoms with Gasteiger partial charge in [-0.15, -0.1) is 0 Å². The summed E-state index contributed by atoms with van der Waals surface area (Å²) in [5, 5.41) is 15.0. The number of nitro benzene ring substituents is 1. The number of sulfonamides is 1. The Kier molecular flexibility index (Phi) is 8.29. The number of ether oxygens (including phenoxy) is 1. The van der Waals surface area contributed by atoms with E-state index in [0.717, 1.165) is 9.87 Å². The molecule has 0 saturated carbocycles. The monoisotopic (exact) mass is 496 g/mol. The van der Waals surface area contributed by atoms with Crippen LogP contribution in [0.5, 0.6) is 5.75 Å². The van der Waals surface area contributed by atoms with Crippen molar-refractivity contribution in [1.82, 2.24) is 9.73 Å². The number of methoxy groups -OCH3 is 1. The van der Waals surface area contributed by atoms with Crippen LogP contribution in [-0.4, -0.2) is 43.4 Å². The lowest BCUT2D eigenvalue weighted by Crippen LogP contribution is -2.39. The molecule has 0 spiro atoms. The molecular formula is C24H24N4O6S. The first kappa shape index (κ1) is 25.5. The van der Waals surface area contributed by atoms with Gasteiger partial charge in [-0.1, -0.05) is 48.0 Å². The number of aryl methyl sites for hydroxylation is 1. The number of benzene rings is 3. The SMILES string of the molecule is COc1ccc(C=NNC(=O)CN(Cc2ccccc2)S(=O)(=O)c2ccc(C)cc2)cc1[N+](=O)[O-]. The first-order valence-corrected chi connectivity index (χ1v) is 11.9. The highest BCUT2D eigenvalue weighted by Crippen LogP contribution is 2.26. The van der Waals surface area contributed by atoms with Crippen LogP contribution in [0.25, 0.3) is 0 Å². The highest BCUT2D eigenvalue weighted by molar-refractivity contribution is 7.89. The summed E-state index contributed by atoms with van der Waals surface area (Å²) in [6.07, 6.45) is 1.22. The number of nitro groups is 1. The van der Waals surface area contributed by atoms with Crippen LogP contribution in [-0.2, 0) is 21.4 Å². The van der Waals surface area contributed by atoms with Gasteiger partial charge in [0.1, 0.15) is 0 Å². The van der Waals surface area contributed by atoms with Crippen molar-refractivity contribution in [3.63, 3.8) is 0 Å². The fourth-order valence-electron chi connectivity index (χ4n) is 3.18. The predicted molar refractivity (Wildman–Crippen MR) is 131 cm³/mol. The molecule has 0 heterocycles. The van der Waals surface area contributed by atoms with E-state index in [1.54, 1.807) is 36.4 Å². The average molecular weight is 497 g/mol. The van der Waals surface area contributed by atoms with E-state index in [4.69, 9.17) is 4.74 Å². The lowest BCUT2D eigenvalue weighted by molar-refractivity contribution is -0.385. The van der Waals surface area contributed by atoms with Crippen LogP contribution in [0.1, 0.15) is 16.7 Å². The van der Waals surface area contributed by atoms with E-state index < -0.39 is 27.4 Å². The molecular weight excluding hydrogens is 472 g/mol. The van der Waals surface area contributed by atoms with E-state index in [1.807, 2.05) is 13.0 Å². The van der Waals surface area contributed by atoms with Crippen LogP contribution < -0.4 is 10.2 Å². The molecule has 0 aliphatic heterocycles. The molecule has 0 radical (unpaired) electrons. The van der Waals surface area contributed by atoms with Gasteiger partial charge in [-0.2, -0.15) is 9.41 Å². The number of nitrogens with one attached hydrogen (secondary N) is 1. The predicted octanol–water partition coefficient (Wildman–Crippen LogP) is 3.25. The normalized spacial score (nSPS) is 11.5. The number of hydrogen-bond acceptors (Lipinski definition) is 7. The Bertz CT molecular complexity index is 1330. The zero-order chi connectivity index (χ0) is 25.4. The minimum Gasteiger partial charge on any atom is -0.490 e. The van der Waals surface area contributed by atoms with Crippen molar-refractivity contribution in [2.75, 3.05) is 13.7 Å². The van der Waals surface area contributed by atoms with E-state index in [2.05, 4.69) is 10.5 Å². The number of amides is 1. The molecule has 3 rings (SSSR count). The zero-order valence-electron chi connectivity index (χ0n) is 19.1. The maximum absolute atomic E-state index is 13.3. The zero-order valence-corrected chi connectivity index (χ0v) is 19.9. The number of carbonyl (C=O) groups is 1. The molecule has 35 heavy (non-hydrogen) atoms. The third kappa shape index (κ3) is 6.71. The highest BCUT2D eigenvalue weighted by Gasteiger charge is 2.27. The minimum absolute atomic E-state index is 0.0150. The van der Waals surface area contributed by atoms with Gasteiger partial charge < -0.3 is 4.74 Å². The number of hydrogen-bond donors (Lipinski definition) is 1. The van der Waals surface area contributed by atoms with Crippen molar-refractivity contribution in [2.45, 2.75) is 18.4 Å². The number of hydrazone groups is 1. The van der Waals surface area contributed by atoms with Gasteiger partial charge in [0.25, 0.3) is 5.91 Å². The summed E-state index contributed by atoms with van der Waals surface area (Å²) in [5.74, 6) is -0.579. The summed E-state index contributed by atoms with van der Waals surface area (Å²) in [5.41, 5.74) is 4.00. The van der Waals surface area contributed by atoms with Crippen molar-refractivity contribution in [3.05, 3.63) is 99.6 Å². The Morgan fingerprint density at radius 1 is 1.11 bits per heavy atom. The summed E-state index contributed by atoms with van der Waals surface area (Å²) in [6.45, 7) is 1.35. The molecule has 11 heteroatoms. The third-order valence-corrected chi connectivity index (χ3v) is 6.79.